The normalized spacial score (nSPS) is 14.3. The van der Waals surface area contributed by atoms with Crippen LogP contribution in [0.3, 0.4) is 0 Å². The van der Waals surface area contributed by atoms with E-state index < -0.39 is 60.1 Å². The second kappa shape index (κ2) is 29.0. The van der Waals surface area contributed by atoms with Crippen molar-refractivity contribution in [1.29, 1.82) is 0 Å². The van der Waals surface area contributed by atoms with Crippen LogP contribution in [0.25, 0.3) is 0 Å². The lowest BCUT2D eigenvalue weighted by molar-refractivity contribution is -0.140. The van der Waals surface area contributed by atoms with Crippen LogP contribution < -0.4 is 28.7 Å². The minimum Gasteiger partial charge on any atom is -0.480 e. The number of thioether (sulfide) groups is 1. The molecule has 6 unspecified atom stereocenters. The van der Waals surface area contributed by atoms with Gasteiger partial charge in [0.05, 0.1) is 0 Å². The van der Waals surface area contributed by atoms with Gasteiger partial charge in [-0.15, -0.1) is 0 Å². The highest BCUT2D eigenvalue weighted by Crippen LogP contribution is 2.04. The van der Waals surface area contributed by atoms with E-state index in [0.29, 0.717) is 18.8 Å². The van der Waals surface area contributed by atoms with Gasteiger partial charge in [-0.2, -0.15) is 11.8 Å². The van der Waals surface area contributed by atoms with Crippen LogP contribution in [0.2, 0.25) is 0 Å². The van der Waals surface area contributed by atoms with Crippen LogP contribution in [0.15, 0.2) is 0 Å². The molecule has 0 radical (unpaired) electrons. The molecule has 0 rings (SSSR count). The Bertz CT molecular complexity index is 727. The highest BCUT2D eigenvalue weighted by molar-refractivity contribution is 7.98. The molecule has 0 aliphatic heterocycles. The number of carboxylic acid groups (broad SMARTS) is 5. The first-order chi connectivity index (χ1) is 18.5. The number of carbonyl (C=O) groups is 5. The van der Waals surface area contributed by atoms with Gasteiger partial charge in [0.1, 0.15) is 30.2 Å². The van der Waals surface area contributed by atoms with Gasteiger partial charge in [-0.25, -0.2) is 0 Å². The van der Waals surface area contributed by atoms with Crippen molar-refractivity contribution in [3.63, 3.8) is 0 Å². The number of nitrogens with two attached hydrogens (primary N) is 5. The average Bonchev–Trinajstić information content (AvgIpc) is 2.86. The fraction of sp³-hybridized carbons (Fsp3) is 0.800. The van der Waals surface area contributed by atoms with Crippen molar-refractivity contribution in [1.82, 2.24) is 0 Å². The lowest BCUT2D eigenvalue weighted by Gasteiger charge is -2.11. The summed E-state index contributed by atoms with van der Waals surface area (Å²) in [6, 6.07) is -3.52. The van der Waals surface area contributed by atoms with Crippen molar-refractivity contribution < 1.29 is 49.5 Å². The minimum absolute atomic E-state index is 0.0208. The maximum Gasteiger partial charge on any atom is 0.320 e. The van der Waals surface area contributed by atoms with Crippen molar-refractivity contribution >= 4 is 41.6 Å². The van der Waals surface area contributed by atoms with Gasteiger partial charge in [-0.1, -0.05) is 48.0 Å². The molecule has 246 valence electrons. The summed E-state index contributed by atoms with van der Waals surface area (Å²) < 4.78 is 0. The van der Waals surface area contributed by atoms with E-state index in [1.54, 1.807) is 25.6 Å². The molecule has 0 aromatic heterocycles. The molecule has 16 heteroatoms. The lowest BCUT2D eigenvalue weighted by atomic mass is 10.0. The minimum atomic E-state index is -0.963. The van der Waals surface area contributed by atoms with Crippen LogP contribution >= 0.6 is 11.8 Å². The Morgan fingerprint density at radius 1 is 0.634 bits per heavy atom. The summed E-state index contributed by atoms with van der Waals surface area (Å²) in [7, 11) is 0. The second-order valence-corrected chi connectivity index (χ2v) is 10.8. The van der Waals surface area contributed by atoms with E-state index in [0.717, 1.165) is 12.2 Å². The van der Waals surface area contributed by atoms with E-state index in [-0.39, 0.29) is 11.8 Å². The van der Waals surface area contributed by atoms with Crippen molar-refractivity contribution in [2.24, 2.45) is 46.4 Å². The molecule has 0 aliphatic carbocycles. The topological polar surface area (TPSA) is 317 Å². The molecule has 0 saturated carbocycles. The summed E-state index contributed by atoms with van der Waals surface area (Å²) in [5.41, 5.74) is 25.7. The first-order valence-corrected chi connectivity index (χ1v) is 14.3. The third-order valence-corrected chi connectivity index (χ3v) is 5.57. The van der Waals surface area contributed by atoms with Gasteiger partial charge in [0.15, 0.2) is 0 Å². The highest BCUT2D eigenvalue weighted by atomic mass is 32.2. The fourth-order valence-electron chi connectivity index (χ4n) is 1.76. The monoisotopic (exact) mass is 617 g/mol. The zero-order chi connectivity index (χ0) is 34.0. The van der Waals surface area contributed by atoms with Gasteiger partial charge in [-0.3, -0.25) is 24.0 Å². The molecule has 15 nitrogen and oxygen atoms in total. The lowest BCUT2D eigenvalue weighted by Crippen LogP contribution is -2.36. The highest BCUT2D eigenvalue weighted by Gasteiger charge is 2.17. The summed E-state index contributed by atoms with van der Waals surface area (Å²) in [6.45, 7) is 12.6. The van der Waals surface area contributed by atoms with Crippen LogP contribution in [-0.2, 0) is 24.0 Å². The molecule has 0 amide bonds. The molecule has 41 heavy (non-hydrogen) atoms. The quantitative estimate of drug-likeness (QED) is 0.134. The van der Waals surface area contributed by atoms with Crippen LogP contribution in [0.1, 0.15) is 67.7 Å². The van der Waals surface area contributed by atoms with Crippen LogP contribution in [0, 0.1) is 17.8 Å². The van der Waals surface area contributed by atoms with Gasteiger partial charge >= 0.3 is 29.8 Å². The Balaban J connectivity index is -0.000000133. The maximum atomic E-state index is 10.2. The molecule has 0 spiro atoms. The summed E-state index contributed by atoms with van der Waals surface area (Å²) in [5, 5.41) is 41.0. The number of hydrogen-bond acceptors (Lipinski definition) is 11. The average molecular weight is 618 g/mol. The molecule has 0 aliphatic rings. The Labute approximate surface area is 247 Å². The molecule has 0 saturated heterocycles. The van der Waals surface area contributed by atoms with Gasteiger partial charge in [0, 0.05) is 0 Å². The zero-order valence-corrected chi connectivity index (χ0v) is 26.3. The summed E-state index contributed by atoms with van der Waals surface area (Å²) in [4.78, 5) is 49.9. The third-order valence-electron chi connectivity index (χ3n) is 4.93. The molecule has 0 bridgehead atoms. The van der Waals surface area contributed by atoms with E-state index in [1.165, 1.54) is 6.92 Å². The smallest absolute Gasteiger partial charge is 0.320 e. The first-order valence-electron chi connectivity index (χ1n) is 12.9. The SMILES string of the molecule is CC(C)C(N)C(=O)O.CC(C)CC(N)C(=O)O.CC(N)C(=O)O.CCC(C)C(N)C(=O)O.CSCCC(N)C(=O)O. The summed E-state index contributed by atoms with van der Waals surface area (Å²) >= 11 is 1.60. The Hall–Kier alpha value is -2.50. The molecule has 15 N–H and O–H groups in total. The molecule has 0 heterocycles. The Morgan fingerprint density at radius 2 is 1.00 bits per heavy atom. The van der Waals surface area contributed by atoms with Crippen molar-refractivity contribution in [2.45, 2.75) is 97.9 Å². The second-order valence-electron chi connectivity index (χ2n) is 9.78. The summed E-state index contributed by atoms with van der Waals surface area (Å²) in [6.07, 6.45) is 3.84. The van der Waals surface area contributed by atoms with Crippen molar-refractivity contribution in [2.75, 3.05) is 12.0 Å². The Kier molecular flexibility index (Phi) is 34.1. The molecule has 0 aromatic carbocycles. The number of rotatable bonds is 13. The number of carboxylic acids is 5. The van der Waals surface area contributed by atoms with E-state index in [2.05, 4.69) is 0 Å². The van der Waals surface area contributed by atoms with Crippen molar-refractivity contribution in [3.05, 3.63) is 0 Å². The summed E-state index contributed by atoms with van der Waals surface area (Å²) in [5.74, 6) is -3.37. The molecular formula is C25H55N5O10S. The predicted molar refractivity (Wildman–Crippen MR) is 160 cm³/mol. The van der Waals surface area contributed by atoms with E-state index >= 15 is 0 Å². The predicted octanol–water partition coefficient (Wildman–Crippen LogP) is 0.513. The van der Waals surface area contributed by atoms with Crippen LogP contribution in [-0.4, -0.2) is 97.6 Å². The molecular weight excluding hydrogens is 562 g/mol. The number of aliphatic carboxylic acids is 5. The van der Waals surface area contributed by atoms with Crippen LogP contribution in [0.5, 0.6) is 0 Å². The standard InChI is InChI=1S/2C6H13NO2.C5H11NO2S.C5H11NO2.C3H7NO2/c1-4(2)3-5(7)6(8)9;1-3-4(2)5(7)6(8)9;1-9-3-2-4(6)5(7)8;1-3(2)4(6)5(7)8;1-2(4)3(5)6/h2*4-5H,3,7H2,1-2H3,(H,8,9);4H,2-3,6H2,1H3,(H,7,8);3-4H,6H2,1-2H3,(H,7,8);2H,4H2,1H3,(H,5,6). The van der Waals surface area contributed by atoms with Gasteiger partial charge < -0.3 is 54.2 Å². The first kappa shape index (κ1) is 48.2. The fourth-order valence-corrected chi connectivity index (χ4v) is 2.25. The van der Waals surface area contributed by atoms with Gasteiger partial charge in [0.2, 0.25) is 0 Å². The molecule has 0 aromatic rings. The molecule has 0 fully saturated rings. The van der Waals surface area contributed by atoms with E-state index in [9.17, 15) is 24.0 Å². The maximum absolute atomic E-state index is 10.2. The van der Waals surface area contributed by atoms with E-state index in [1.807, 2.05) is 34.0 Å². The number of hydrogen-bond donors (Lipinski definition) is 10. The van der Waals surface area contributed by atoms with Gasteiger partial charge in [-0.05, 0) is 49.5 Å². The largest absolute Gasteiger partial charge is 0.480 e. The Morgan fingerprint density at radius 3 is 1.12 bits per heavy atom. The van der Waals surface area contributed by atoms with E-state index in [4.69, 9.17) is 54.2 Å². The third kappa shape index (κ3) is 37.5. The zero-order valence-electron chi connectivity index (χ0n) is 25.5. The molecule has 6 atom stereocenters. The van der Waals surface area contributed by atoms with Crippen molar-refractivity contribution in [3.8, 4) is 0 Å². The van der Waals surface area contributed by atoms with Crippen LogP contribution in [0.4, 0.5) is 0 Å². The van der Waals surface area contributed by atoms with Gasteiger partial charge in [0.25, 0.3) is 0 Å².